The van der Waals surface area contributed by atoms with Crippen LogP contribution in [0.5, 0.6) is 0 Å². The Kier molecular flexibility index (Phi) is 8.98. The lowest BCUT2D eigenvalue weighted by molar-refractivity contribution is -0.130. The number of nitrogens with zero attached hydrogens (tertiary/aromatic N) is 2. The Bertz CT molecular complexity index is 584. The molecule has 1 saturated heterocycles. The predicted octanol–water partition coefficient (Wildman–Crippen LogP) is 3.21. The molecule has 1 fully saturated rings. The molecule has 1 aliphatic heterocycles. The van der Waals surface area contributed by atoms with Crippen LogP contribution in [0.3, 0.4) is 0 Å². The second-order valence-electron chi connectivity index (χ2n) is 6.56. The second kappa shape index (κ2) is 11.2. The molecular formula is C20H31N3O2S. The van der Waals surface area contributed by atoms with Crippen LogP contribution in [0.15, 0.2) is 24.3 Å². The SMILES string of the molecule is CCN(CC)C(=O)CCCC(=O)Nc1cccc(CN2CCSCC2)c1. The van der Waals surface area contributed by atoms with Crippen LogP contribution >= 0.6 is 11.8 Å². The molecule has 0 radical (unpaired) electrons. The minimum absolute atomic E-state index is 0.0242. The minimum atomic E-state index is -0.0242. The highest BCUT2D eigenvalue weighted by molar-refractivity contribution is 7.99. The molecule has 1 aromatic carbocycles. The number of hydrogen-bond donors (Lipinski definition) is 1. The van der Waals surface area contributed by atoms with E-state index in [-0.39, 0.29) is 11.8 Å². The Hall–Kier alpha value is -1.53. The first-order valence-corrected chi connectivity index (χ1v) is 10.7. The monoisotopic (exact) mass is 377 g/mol. The van der Waals surface area contributed by atoms with Gasteiger partial charge in [-0.1, -0.05) is 12.1 Å². The maximum absolute atomic E-state index is 12.2. The minimum Gasteiger partial charge on any atom is -0.343 e. The molecule has 2 rings (SSSR count). The molecule has 0 spiro atoms. The molecule has 0 bridgehead atoms. The Morgan fingerprint density at radius 2 is 1.88 bits per heavy atom. The summed E-state index contributed by atoms with van der Waals surface area (Å²) >= 11 is 2.01. The van der Waals surface area contributed by atoms with Gasteiger partial charge in [0.15, 0.2) is 0 Å². The zero-order chi connectivity index (χ0) is 18.8. The van der Waals surface area contributed by atoms with Crippen molar-refractivity contribution in [2.75, 3.05) is 43.0 Å². The van der Waals surface area contributed by atoms with E-state index >= 15 is 0 Å². The summed E-state index contributed by atoms with van der Waals surface area (Å²) in [5, 5.41) is 2.96. The van der Waals surface area contributed by atoms with E-state index in [1.54, 1.807) is 4.90 Å². The molecule has 0 aromatic heterocycles. The number of nitrogens with one attached hydrogen (secondary N) is 1. The largest absolute Gasteiger partial charge is 0.343 e. The van der Waals surface area contributed by atoms with E-state index in [2.05, 4.69) is 22.3 Å². The van der Waals surface area contributed by atoms with Gasteiger partial charge in [0.25, 0.3) is 0 Å². The highest BCUT2D eigenvalue weighted by Gasteiger charge is 2.12. The molecular weight excluding hydrogens is 346 g/mol. The summed E-state index contributed by atoms with van der Waals surface area (Å²) in [6.45, 7) is 8.59. The van der Waals surface area contributed by atoms with Crippen LogP contribution in [0.2, 0.25) is 0 Å². The topological polar surface area (TPSA) is 52.7 Å². The first kappa shape index (κ1) is 20.8. The maximum Gasteiger partial charge on any atom is 0.224 e. The summed E-state index contributed by atoms with van der Waals surface area (Å²) in [5.41, 5.74) is 2.07. The fourth-order valence-electron chi connectivity index (χ4n) is 3.12. The predicted molar refractivity (Wildman–Crippen MR) is 109 cm³/mol. The molecule has 0 unspecified atom stereocenters. The second-order valence-corrected chi connectivity index (χ2v) is 7.78. The molecule has 1 aromatic rings. The molecule has 144 valence electrons. The van der Waals surface area contributed by atoms with Crippen LogP contribution in [-0.4, -0.2) is 59.3 Å². The lowest BCUT2D eigenvalue weighted by Crippen LogP contribution is -2.31. The van der Waals surface area contributed by atoms with E-state index in [0.29, 0.717) is 19.3 Å². The van der Waals surface area contributed by atoms with Crippen molar-refractivity contribution in [3.05, 3.63) is 29.8 Å². The van der Waals surface area contributed by atoms with Crippen LogP contribution in [0, 0.1) is 0 Å². The summed E-state index contributed by atoms with van der Waals surface area (Å²) in [6, 6.07) is 8.09. The number of carbonyl (C=O) groups is 2. The number of hydrogen-bond acceptors (Lipinski definition) is 4. The molecule has 5 nitrogen and oxygen atoms in total. The number of anilines is 1. The summed E-state index contributed by atoms with van der Waals surface area (Å²) in [7, 11) is 0. The lowest BCUT2D eigenvalue weighted by Gasteiger charge is -2.26. The van der Waals surface area contributed by atoms with Crippen molar-refractivity contribution in [1.29, 1.82) is 0 Å². The molecule has 2 amide bonds. The van der Waals surface area contributed by atoms with Crippen LogP contribution in [-0.2, 0) is 16.1 Å². The van der Waals surface area contributed by atoms with E-state index in [4.69, 9.17) is 0 Å². The zero-order valence-electron chi connectivity index (χ0n) is 16.0. The van der Waals surface area contributed by atoms with E-state index < -0.39 is 0 Å². The van der Waals surface area contributed by atoms with Gasteiger partial charge >= 0.3 is 0 Å². The van der Waals surface area contributed by atoms with Crippen molar-refractivity contribution in [2.45, 2.75) is 39.7 Å². The average molecular weight is 378 g/mol. The first-order chi connectivity index (χ1) is 12.6. The molecule has 0 atom stereocenters. The summed E-state index contributed by atoms with van der Waals surface area (Å²) in [5.74, 6) is 2.50. The third kappa shape index (κ3) is 7.00. The maximum atomic E-state index is 12.2. The summed E-state index contributed by atoms with van der Waals surface area (Å²) in [4.78, 5) is 28.4. The Morgan fingerprint density at radius 3 is 2.58 bits per heavy atom. The number of benzene rings is 1. The average Bonchev–Trinajstić information content (AvgIpc) is 2.64. The molecule has 26 heavy (non-hydrogen) atoms. The quantitative estimate of drug-likeness (QED) is 0.718. The van der Waals surface area contributed by atoms with Gasteiger partial charge in [0.1, 0.15) is 0 Å². The van der Waals surface area contributed by atoms with E-state index in [0.717, 1.165) is 38.4 Å². The number of carbonyl (C=O) groups excluding carboxylic acids is 2. The van der Waals surface area contributed by atoms with Crippen molar-refractivity contribution < 1.29 is 9.59 Å². The van der Waals surface area contributed by atoms with Gasteiger partial charge < -0.3 is 10.2 Å². The third-order valence-corrected chi connectivity index (χ3v) is 5.57. The van der Waals surface area contributed by atoms with Gasteiger partial charge in [-0.25, -0.2) is 0 Å². The van der Waals surface area contributed by atoms with Crippen molar-refractivity contribution in [1.82, 2.24) is 9.80 Å². The van der Waals surface area contributed by atoms with Gasteiger partial charge in [0.2, 0.25) is 11.8 Å². The molecule has 0 saturated carbocycles. The molecule has 0 aliphatic carbocycles. The van der Waals surface area contributed by atoms with Crippen molar-refractivity contribution in [3.8, 4) is 0 Å². The Morgan fingerprint density at radius 1 is 1.15 bits per heavy atom. The van der Waals surface area contributed by atoms with Gasteiger partial charge in [-0.05, 0) is 38.0 Å². The highest BCUT2D eigenvalue weighted by atomic mass is 32.2. The standard InChI is InChI=1S/C20H31N3O2S/c1-3-23(4-2)20(25)10-6-9-19(24)21-18-8-5-7-17(15-18)16-22-11-13-26-14-12-22/h5,7-8,15H,3-4,6,9-14,16H2,1-2H3,(H,21,24). The third-order valence-electron chi connectivity index (χ3n) is 4.63. The Balaban J connectivity index is 1.76. The normalized spacial score (nSPS) is 14.8. The number of rotatable bonds is 9. The van der Waals surface area contributed by atoms with Crippen molar-refractivity contribution in [3.63, 3.8) is 0 Å². The zero-order valence-corrected chi connectivity index (χ0v) is 16.8. The van der Waals surface area contributed by atoms with Gasteiger partial charge in [0, 0.05) is 62.8 Å². The smallest absolute Gasteiger partial charge is 0.224 e. The Labute approximate surface area is 161 Å². The van der Waals surface area contributed by atoms with Gasteiger partial charge in [-0.3, -0.25) is 14.5 Å². The molecule has 6 heteroatoms. The first-order valence-electron chi connectivity index (χ1n) is 9.59. The summed E-state index contributed by atoms with van der Waals surface area (Å²) in [6.07, 6.45) is 1.40. The van der Waals surface area contributed by atoms with Crippen LogP contribution in [0.4, 0.5) is 5.69 Å². The van der Waals surface area contributed by atoms with E-state index in [9.17, 15) is 9.59 Å². The number of amides is 2. The van der Waals surface area contributed by atoms with E-state index in [1.807, 2.05) is 37.7 Å². The van der Waals surface area contributed by atoms with Gasteiger partial charge in [-0.2, -0.15) is 11.8 Å². The van der Waals surface area contributed by atoms with Crippen LogP contribution in [0.25, 0.3) is 0 Å². The van der Waals surface area contributed by atoms with Crippen molar-refractivity contribution >= 4 is 29.3 Å². The number of thioether (sulfide) groups is 1. The van der Waals surface area contributed by atoms with Crippen LogP contribution in [0.1, 0.15) is 38.7 Å². The molecule has 1 N–H and O–H groups in total. The van der Waals surface area contributed by atoms with Crippen molar-refractivity contribution in [2.24, 2.45) is 0 Å². The lowest BCUT2D eigenvalue weighted by atomic mass is 10.1. The fourth-order valence-corrected chi connectivity index (χ4v) is 4.10. The fraction of sp³-hybridized carbons (Fsp3) is 0.600. The van der Waals surface area contributed by atoms with E-state index in [1.165, 1.54) is 17.1 Å². The van der Waals surface area contributed by atoms with Crippen LogP contribution < -0.4 is 5.32 Å². The highest BCUT2D eigenvalue weighted by Crippen LogP contribution is 2.16. The molecule has 1 aliphatic rings. The van der Waals surface area contributed by atoms with Gasteiger partial charge in [0.05, 0.1) is 0 Å². The van der Waals surface area contributed by atoms with Gasteiger partial charge in [-0.15, -0.1) is 0 Å². The molecule has 1 heterocycles. The summed E-state index contributed by atoms with van der Waals surface area (Å²) < 4.78 is 0.